The highest BCUT2D eigenvalue weighted by Gasteiger charge is 2.48. The molecule has 0 aliphatic heterocycles. The van der Waals surface area contributed by atoms with E-state index in [1.807, 2.05) is 13.0 Å². The number of phenolic OH excluding ortho intramolecular Hbond substituents is 1. The molecule has 4 aliphatic carbocycles. The Morgan fingerprint density at radius 3 is 2.10 bits per heavy atom. The molecule has 0 atom stereocenters. The predicted octanol–water partition coefficient (Wildman–Crippen LogP) is 4.25. The Bertz CT molecular complexity index is 508. The van der Waals surface area contributed by atoms with E-state index < -0.39 is 0 Å². The second-order valence-electron chi connectivity index (χ2n) is 7.55. The smallest absolute Gasteiger partial charge is 0.118 e. The van der Waals surface area contributed by atoms with Crippen molar-refractivity contribution in [3.8, 4) is 5.75 Å². The second-order valence-corrected chi connectivity index (χ2v) is 7.55. The lowest BCUT2D eigenvalue weighted by atomic mass is 9.54. The van der Waals surface area contributed by atoms with Gasteiger partial charge in [0.1, 0.15) is 5.75 Å². The van der Waals surface area contributed by atoms with E-state index in [4.69, 9.17) is 0 Å². The quantitative estimate of drug-likeness (QED) is 0.788. The molecule has 108 valence electrons. The molecule has 4 bridgehead atoms. The lowest BCUT2D eigenvalue weighted by Gasteiger charge is -2.54. The first-order chi connectivity index (χ1) is 9.60. The van der Waals surface area contributed by atoms with Gasteiger partial charge in [-0.25, -0.2) is 0 Å². The van der Waals surface area contributed by atoms with Crippen LogP contribution in [0.15, 0.2) is 12.1 Å². The van der Waals surface area contributed by atoms with Gasteiger partial charge in [0.25, 0.3) is 0 Å². The summed E-state index contributed by atoms with van der Waals surface area (Å²) in [7, 11) is 0. The molecule has 20 heavy (non-hydrogen) atoms. The topological polar surface area (TPSA) is 32.3 Å². The van der Waals surface area contributed by atoms with E-state index in [2.05, 4.69) is 18.3 Å². The van der Waals surface area contributed by atoms with Crippen molar-refractivity contribution in [3.05, 3.63) is 23.3 Å². The third-order valence-corrected chi connectivity index (χ3v) is 6.09. The molecule has 0 radical (unpaired) electrons. The first kappa shape index (κ1) is 12.6. The van der Waals surface area contributed by atoms with Crippen LogP contribution < -0.4 is 5.32 Å². The Morgan fingerprint density at radius 1 is 0.900 bits per heavy atom. The fourth-order valence-electron chi connectivity index (χ4n) is 5.30. The minimum absolute atomic E-state index is 0.415. The average Bonchev–Trinajstić information content (AvgIpc) is 2.38. The zero-order valence-electron chi connectivity index (χ0n) is 12.5. The molecular formula is C18H25NO. The maximum absolute atomic E-state index is 9.80. The molecule has 0 aromatic heterocycles. The molecule has 0 spiro atoms. The monoisotopic (exact) mass is 271 g/mol. The summed E-state index contributed by atoms with van der Waals surface area (Å²) < 4.78 is 0. The summed E-state index contributed by atoms with van der Waals surface area (Å²) in [6.07, 6.45) is 7.29. The van der Waals surface area contributed by atoms with Crippen LogP contribution >= 0.6 is 0 Å². The number of hydrogen-bond donors (Lipinski definition) is 2. The minimum atomic E-state index is 0.415. The van der Waals surface area contributed by atoms with Crippen molar-refractivity contribution < 1.29 is 5.11 Å². The van der Waals surface area contributed by atoms with Gasteiger partial charge in [-0.2, -0.15) is 0 Å². The Labute approximate surface area is 121 Å². The van der Waals surface area contributed by atoms with Crippen LogP contribution in [0.1, 0.15) is 43.2 Å². The summed E-state index contributed by atoms with van der Waals surface area (Å²) in [5, 5.41) is 13.7. The van der Waals surface area contributed by atoms with E-state index in [0.717, 1.165) is 29.2 Å². The summed E-state index contributed by atoms with van der Waals surface area (Å²) in [4.78, 5) is 0. The fraction of sp³-hybridized carbons (Fsp3) is 0.667. The van der Waals surface area contributed by atoms with Crippen LogP contribution in [0.3, 0.4) is 0 Å². The number of benzene rings is 1. The molecule has 5 rings (SSSR count). The molecule has 1 aromatic carbocycles. The van der Waals surface area contributed by atoms with Gasteiger partial charge >= 0.3 is 0 Å². The number of anilines is 1. The molecule has 0 saturated heterocycles. The van der Waals surface area contributed by atoms with Crippen LogP contribution in [0.5, 0.6) is 5.75 Å². The van der Waals surface area contributed by atoms with Gasteiger partial charge in [-0.15, -0.1) is 0 Å². The Balaban J connectivity index is 1.59. The van der Waals surface area contributed by atoms with Crippen molar-refractivity contribution in [3.63, 3.8) is 0 Å². The number of hydrogen-bond acceptors (Lipinski definition) is 2. The second kappa shape index (κ2) is 4.41. The van der Waals surface area contributed by atoms with Crippen LogP contribution in [0.25, 0.3) is 0 Å². The highest BCUT2D eigenvalue weighted by molar-refractivity contribution is 5.57. The van der Waals surface area contributed by atoms with Crippen LogP contribution in [0, 0.1) is 37.5 Å². The van der Waals surface area contributed by atoms with Crippen LogP contribution in [-0.4, -0.2) is 11.1 Å². The number of aryl methyl sites for hydroxylation is 2. The highest BCUT2D eigenvalue weighted by Crippen LogP contribution is 2.54. The summed E-state index contributed by atoms with van der Waals surface area (Å²) in [6.45, 7) is 4.08. The van der Waals surface area contributed by atoms with Gasteiger partial charge in [0, 0.05) is 11.7 Å². The first-order valence-electron chi connectivity index (χ1n) is 8.17. The molecule has 0 unspecified atom stereocenters. The van der Waals surface area contributed by atoms with Gasteiger partial charge < -0.3 is 10.4 Å². The Morgan fingerprint density at radius 2 is 1.50 bits per heavy atom. The molecule has 4 fully saturated rings. The largest absolute Gasteiger partial charge is 0.508 e. The zero-order chi connectivity index (χ0) is 13.9. The molecule has 4 aliphatic rings. The maximum Gasteiger partial charge on any atom is 0.118 e. The third kappa shape index (κ3) is 1.92. The Kier molecular flexibility index (Phi) is 2.77. The summed E-state index contributed by atoms with van der Waals surface area (Å²) >= 11 is 0. The molecule has 1 aromatic rings. The van der Waals surface area contributed by atoms with Crippen LogP contribution in [-0.2, 0) is 0 Å². The summed E-state index contributed by atoms with van der Waals surface area (Å²) in [5.74, 6) is 4.24. The van der Waals surface area contributed by atoms with Crippen LogP contribution in [0.2, 0.25) is 0 Å². The average molecular weight is 271 g/mol. The van der Waals surface area contributed by atoms with Crippen LogP contribution in [0.4, 0.5) is 5.69 Å². The number of aromatic hydroxyl groups is 1. The van der Waals surface area contributed by atoms with Gasteiger partial charge in [-0.1, -0.05) is 0 Å². The van der Waals surface area contributed by atoms with Crippen molar-refractivity contribution in [2.45, 2.75) is 52.0 Å². The first-order valence-corrected chi connectivity index (χ1v) is 8.17. The normalized spacial score (nSPS) is 38.2. The van der Waals surface area contributed by atoms with Gasteiger partial charge in [0.05, 0.1) is 0 Å². The van der Waals surface area contributed by atoms with E-state index in [9.17, 15) is 5.11 Å². The third-order valence-electron chi connectivity index (χ3n) is 6.09. The molecule has 2 nitrogen and oxygen atoms in total. The lowest BCUT2D eigenvalue weighted by Crippen LogP contribution is -2.51. The van der Waals surface area contributed by atoms with Crippen molar-refractivity contribution >= 4 is 5.69 Å². The van der Waals surface area contributed by atoms with E-state index in [0.29, 0.717) is 11.8 Å². The predicted molar refractivity (Wildman–Crippen MR) is 82.0 cm³/mol. The SMILES string of the molecule is Cc1cc(NC2C3CC4CC(C3)CC2C4)c(C)cc1O. The number of nitrogens with one attached hydrogen (secondary N) is 1. The standard InChI is InChI=1S/C18H25NO/c1-10-4-17(20)11(2)3-16(10)19-18-14-6-12-5-13(8-14)9-15(18)7-12/h3-4,12-15,18-20H,5-9H2,1-2H3. The molecular weight excluding hydrogens is 246 g/mol. The van der Waals surface area contributed by atoms with Crippen molar-refractivity contribution in [2.24, 2.45) is 23.7 Å². The summed E-state index contributed by atoms with van der Waals surface area (Å²) in [6, 6.07) is 4.69. The highest BCUT2D eigenvalue weighted by atomic mass is 16.3. The molecule has 2 heteroatoms. The number of rotatable bonds is 2. The van der Waals surface area contributed by atoms with Crippen molar-refractivity contribution in [1.29, 1.82) is 0 Å². The summed E-state index contributed by atoms with van der Waals surface area (Å²) in [5.41, 5.74) is 3.38. The van der Waals surface area contributed by atoms with Crippen molar-refractivity contribution in [2.75, 3.05) is 5.32 Å². The lowest BCUT2D eigenvalue weighted by molar-refractivity contribution is 0.00752. The van der Waals surface area contributed by atoms with Gasteiger partial charge in [0.2, 0.25) is 0 Å². The van der Waals surface area contributed by atoms with Crippen molar-refractivity contribution in [1.82, 2.24) is 0 Å². The number of phenols is 1. The van der Waals surface area contributed by atoms with Gasteiger partial charge in [-0.05, 0) is 92.9 Å². The zero-order valence-corrected chi connectivity index (χ0v) is 12.5. The molecule has 4 saturated carbocycles. The molecule has 0 heterocycles. The molecule has 0 amide bonds. The maximum atomic E-state index is 9.80. The van der Waals surface area contributed by atoms with E-state index in [1.165, 1.54) is 43.4 Å². The van der Waals surface area contributed by atoms with Gasteiger partial charge in [-0.3, -0.25) is 0 Å². The van der Waals surface area contributed by atoms with Gasteiger partial charge in [0.15, 0.2) is 0 Å². The fourth-order valence-corrected chi connectivity index (χ4v) is 5.30. The Hall–Kier alpha value is -1.18. The van der Waals surface area contributed by atoms with E-state index >= 15 is 0 Å². The van der Waals surface area contributed by atoms with E-state index in [1.54, 1.807) is 0 Å². The minimum Gasteiger partial charge on any atom is -0.508 e. The molecule has 2 N–H and O–H groups in total. The van der Waals surface area contributed by atoms with E-state index in [-0.39, 0.29) is 0 Å².